The zero-order valence-electron chi connectivity index (χ0n) is 18.0. The van der Waals surface area contributed by atoms with Gasteiger partial charge >= 0.3 is 0 Å². The first-order valence-electron chi connectivity index (χ1n) is 10.5. The van der Waals surface area contributed by atoms with E-state index in [9.17, 15) is 22.4 Å². The molecular formula is C21H27FN4O4S2. The minimum absolute atomic E-state index is 0.00681. The molecule has 174 valence electrons. The van der Waals surface area contributed by atoms with Gasteiger partial charge in [-0.2, -0.15) is 4.31 Å². The first-order valence-corrected chi connectivity index (χ1v) is 12.8. The van der Waals surface area contributed by atoms with E-state index in [1.165, 1.54) is 27.8 Å². The molecule has 2 amide bonds. The Hall–Kier alpha value is -2.37. The average Bonchev–Trinajstić information content (AvgIpc) is 3.30. The van der Waals surface area contributed by atoms with Gasteiger partial charge in [0.15, 0.2) is 5.13 Å². The maximum Gasteiger partial charge on any atom is 0.249 e. The van der Waals surface area contributed by atoms with Gasteiger partial charge in [0.1, 0.15) is 11.9 Å². The van der Waals surface area contributed by atoms with Crippen LogP contribution in [0.4, 0.5) is 9.52 Å². The number of nitrogens with one attached hydrogen (secondary N) is 2. The second-order valence-corrected chi connectivity index (χ2v) is 10.7. The Bertz CT molecular complexity index is 1030. The van der Waals surface area contributed by atoms with E-state index in [1.807, 2.05) is 13.8 Å². The van der Waals surface area contributed by atoms with Gasteiger partial charge in [-0.1, -0.05) is 20.3 Å². The van der Waals surface area contributed by atoms with E-state index < -0.39 is 27.8 Å². The lowest BCUT2D eigenvalue weighted by Gasteiger charge is -2.32. The molecule has 2 heterocycles. The Morgan fingerprint density at radius 2 is 2.03 bits per heavy atom. The van der Waals surface area contributed by atoms with Gasteiger partial charge in [-0.25, -0.2) is 17.8 Å². The second-order valence-electron chi connectivity index (χ2n) is 7.85. The normalized spacial score (nSPS) is 19.2. The summed E-state index contributed by atoms with van der Waals surface area (Å²) in [5.41, 5.74) is 0. The van der Waals surface area contributed by atoms with Crippen LogP contribution in [0.5, 0.6) is 0 Å². The lowest BCUT2D eigenvalue weighted by atomic mass is 9.95. The van der Waals surface area contributed by atoms with E-state index in [0.29, 0.717) is 24.4 Å². The van der Waals surface area contributed by atoms with Crippen molar-refractivity contribution in [1.82, 2.24) is 14.6 Å². The van der Waals surface area contributed by atoms with E-state index in [-0.39, 0.29) is 35.7 Å². The van der Waals surface area contributed by atoms with Crippen LogP contribution in [0, 0.1) is 17.7 Å². The number of aromatic nitrogens is 1. The van der Waals surface area contributed by atoms with Crippen LogP contribution in [0.1, 0.15) is 33.1 Å². The number of carbonyl (C=O) groups is 2. The maximum atomic E-state index is 13.2. The van der Waals surface area contributed by atoms with Crippen molar-refractivity contribution in [3.8, 4) is 0 Å². The van der Waals surface area contributed by atoms with Crippen LogP contribution in [-0.2, 0) is 19.6 Å². The molecule has 0 saturated carbocycles. The number of hydrogen-bond donors (Lipinski definition) is 2. The van der Waals surface area contributed by atoms with Crippen molar-refractivity contribution in [2.75, 3.05) is 18.4 Å². The van der Waals surface area contributed by atoms with Gasteiger partial charge in [0, 0.05) is 24.7 Å². The molecule has 8 nitrogen and oxygen atoms in total. The third-order valence-electron chi connectivity index (χ3n) is 5.66. The third kappa shape index (κ3) is 5.70. The Morgan fingerprint density at radius 3 is 2.66 bits per heavy atom. The summed E-state index contributed by atoms with van der Waals surface area (Å²) in [4.78, 5) is 29.8. The maximum absolute atomic E-state index is 13.2. The van der Waals surface area contributed by atoms with Gasteiger partial charge in [0.25, 0.3) is 0 Å². The minimum Gasteiger partial charge on any atom is -0.344 e. The van der Waals surface area contributed by atoms with E-state index in [1.54, 1.807) is 11.6 Å². The van der Waals surface area contributed by atoms with Crippen molar-refractivity contribution in [3.63, 3.8) is 0 Å². The fourth-order valence-electron chi connectivity index (χ4n) is 3.57. The predicted octanol–water partition coefficient (Wildman–Crippen LogP) is 2.85. The highest BCUT2D eigenvalue weighted by Crippen LogP contribution is 2.25. The second kappa shape index (κ2) is 10.5. The molecule has 1 aliphatic heterocycles. The van der Waals surface area contributed by atoms with Gasteiger partial charge in [-0.3, -0.25) is 9.59 Å². The van der Waals surface area contributed by atoms with Crippen LogP contribution in [-0.4, -0.2) is 48.7 Å². The summed E-state index contributed by atoms with van der Waals surface area (Å²) in [5.74, 6) is -1.94. The third-order valence-corrected chi connectivity index (χ3v) is 8.23. The van der Waals surface area contributed by atoms with Gasteiger partial charge in [-0.05, 0) is 43.0 Å². The molecule has 1 aromatic carbocycles. The molecule has 1 saturated heterocycles. The number of sulfonamides is 1. The molecule has 0 aliphatic carbocycles. The number of amides is 2. The molecule has 32 heavy (non-hydrogen) atoms. The molecular weight excluding hydrogens is 455 g/mol. The number of carbonyl (C=O) groups excluding carboxylic acids is 2. The summed E-state index contributed by atoms with van der Waals surface area (Å²) in [6.07, 6.45) is 3.28. The van der Waals surface area contributed by atoms with Crippen molar-refractivity contribution in [2.45, 2.75) is 44.0 Å². The van der Waals surface area contributed by atoms with Crippen LogP contribution in [0.25, 0.3) is 0 Å². The SMILES string of the molecule is CCC(C)[C@H](NC(=O)C1CCCN(S(=O)(=O)c2ccc(F)cc2)C1)C(=O)Nc1nccs1. The first-order chi connectivity index (χ1) is 15.2. The van der Waals surface area contributed by atoms with Crippen LogP contribution in [0.2, 0.25) is 0 Å². The van der Waals surface area contributed by atoms with Crippen molar-refractivity contribution >= 4 is 38.3 Å². The molecule has 11 heteroatoms. The number of rotatable bonds is 8. The zero-order chi connectivity index (χ0) is 23.3. The van der Waals surface area contributed by atoms with E-state index in [4.69, 9.17) is 0 Å². The Labute approximate surface area is 191 Å². The lowest BCUT2D eigenvalue weighted by Crippen LogP contribution is -2.52. The number of nitrogens with zero attached hydrogens (tertiary/aromatic N) is 2. The van der Waals surface area contributed by atoms with Gasteiger partial charge in [-0.15, -0.1) is 11.3 Å². The summed E-state index contributed by atoms with van der Waals surface area (Å²) in [6, 6.07) is 3.87. The zero-order valence-corrected chi connectivity index (χ0v) is 19.6. The molecule has 2 unspecified atom stereocenters. The largest absolute Gasteiger partial charge is 0.344 e. The van der Waals surface area contributed by atoms with E-state index in [0.717, 1.165) is 12.1 Å². The van der Waals surface area contributed by atoms with Crippen molar-refractivity contribution in [2.24, 2.45) is 11.8 Å². The first kappa shape index (κ1) is 24.3. The highest BCUT2D eigenvalue weighted by molar-refractivity contribution is 7.89. The van der Waals surface area contributed by atoms with Gasteiger partial charge in [0.05, 0.1) is 10.8 Å². The standard InChI is InChI=1S/C21H27FN4O4S2/c1-3-14(2)18(20(28)25-21-23-10-12-31-21)24-19(27)15-5-4-11-26(13-15)32(29,30)17-8-6-16(22)7-9-17/h6-10,12,14-15,18H,3-5,11,13H2,1-2H3,(H,24,27)(H,23,25,28)/t14?,15?,18-/m0/s1. The molecule has 0 radical (unpaired) electrons. The molecule has 2 N–H and O–H groups in total. The fraction of sp³-hybridized carbons (Fsp3) is 0.476. The monoisotopic (exact) mass is 482 g/mol. The Balaban J connectivity index is 1.69. The number of benzene rings is 1. The van der Waals surface area contributed by atoms with E-state index >= 15 is 0 Å². The smallest absolute Gasteiger partial charge is 0.249 e. The quantitative estimate of drug-likeness (QED) is 0.602. The topological polar surface area (TPSA) is 108 Å². The lowest BCUT2D eigenvalue weighted by molar-refractivity contribution is -0.131. The molecule has 3 atom stereocenters. The van der Waals surface area contributed by atoms with Crippen LogP contribution in [0.15, 0.2) is 40.7 Å². The molecule has 1 aliphatic rings. The molecule has 2 aromatic rings. The van der Waals surface area contributed by atoms with Crippen molar-refractivity contribution in [1.29, 1.82) is 0 Å². The van der Waals surface area contributed by atoms with Crippen molar-refractivity contribution < 1.29 is 22.4 Å². The Kier molecular flexibility index (Phi) is 7.96. The number of anilines is 1. The number of hydrogen-bond acceptors (Lipinski definition) is 6. The number of thiazole rings is 1. The number of halogens is 1. The molecule has 0 bridgehead atoms. The highest BCUT2D eigenvalue weighted by Gasteiger charge is 2.35. The van der Waals surface area contributed by atoms with Crippen LogP contribution >= 0.6 is 11.3 Å². The average molecular weight is 483 g/mol. The number of piperidine rings is 1. The van der Waals surface area contributed by atoms with E-state index in [2.05, 4.69) is 15.6 Å². The fourth-order valence-corrected chi connectivity index (χ4v) is 5.63. The Morgan fingerprint density at radius 1 is 1.31 bits per heavy atom. The predicted molar refractivity (Wildman–Crippen MR) is 120 cm³/mol. The summed E-state index contributed by atoms with van der Waals surface area (Å²) < 4.78 is 40.3. The van der Waals surface area contributed by atoms with Crippen LogP contribution in [0.3, 0.4) is 0 Å². The van der Waals surface area contributed by atoms with Crippen molar-refractivity contribution in [3.05, 3.63) is 41.7 Å². The molecule has 3 rings (SSSR count). The summed E-state index contributed by atoms with van der Waals surface area (Å²) in [7, 11) is -3.84. The summed E-state index contributed by atoms with van der Waals surface area (Å²) in [5, 5.41) is 7.74. The van der Waals surface area contributed by atoms with Gasteiger partial charge in [0.2, 0.25) is 21.8 Å². The van der Waals surface area contributed by atoms with Gasteiger partial charge < -0.3 is 10.6 Å². The van der Waals surface area contributed by atoms with Crippen LogP contribution < -0.4 is 10.6 Å². The summed E-state index contributed by atoms with van der Waals surface area (Å²) in [6.45, 7) is 4.09. The molecule has 1 aromatic heterocycles. The summed E-state index contributed by atoms with van der Waals surface area (Å²) >= 11 is 1.28. The molecule has 0 spiro atoms. The minimum atomic E-state index is -3.84. The molecule has 1 fully saturated rings. The highest BCUT2D eigenvalue weighted by atomic mass is 32.2.